The molecule has 0 fully saturated rings. The predicted molar refractivity (Wildman–Crippen MR) is 61.5 cm³/mol. The molecule has 0 saturated heterocycles. The van der Waals surface area contributed by atoms with Crippen molar-refractivity contribution in [1.29, 1.82) is 0 Å². The van der Waals surface area contributed by atoms with E-state index in [1.54, 1.807) is 0 Å². The number of carbonyl (C=O) groups excluding carboxylic acids is 1. The Balaban J connectivity index is 3.37. The van der Waals surface area contributed by atoms with Crippen LogP contribution in [0, 0.1) is 6.92 Å². The number of halogens is 6. The molecular formula is C13H12F6O2. The average molecular weight is 314 g/mol. The summed E-state index contributed by atoms with van der Waals surface area (Å²) in [5.74, 6) is -0.929. The van der Waals surface area contributed by atoms with E-state index in [1.165, 1.54) is 6.92 Å². The van der Waals surface area contributed by atoms with E-state index < -0.39 is 41.4 Å². The minimum absolute atomic E-state index is 0.0280. The minimum Gasteiger partial charge on any atom is -0.466 e. The molecule has 0 aliphatic carbocycles. The number of rotatable bonds is 3. The Morgan fingerprint density at radius 3 is 2.00 bits per heavy atom. The van der Waals surface area contributed by atoms with Gasteiger partial charge in [0, 0.05) is 0 Å². The highest BCUT2D eigenvalue weighted by atomic mass is 19.4. The largest absolute Gasteiger partial charge is 0.466 e. The van der Waals surface area contributed by atoms with Crippen LogP contribution in [0.25, 0.3) is 0 Å². The molecule has 0 aromatic heterocycles. The summed E-state index contributed by atoms with van der Waals surface area (Å²) in [6.07, 6.45) is -10.6. The lowest BCUT2D eigenvalue weighted by molar-refractivity contribution is -0.144. The lowest BCUT2D eigenvalue weighted by Gasteiger charge is -2.17. The first-order valence-corrected chi connectivity index (χ1v) is 5.90. The van der Waals surface area contributed by atoms with E-state index in [2.05, 4.69) is 4.74 Å². The molecular weight excluding hydrogens is 302 g/mol. The number of benzene rings is 1. The Morgan fingerprint density at radius 2 is 1.57 bits per heavy atom. The van der Waals surface area contributed by atoms with Crippen LogP contribution in [-0.2, 0) is 28.3 Å². The summed E-state index contributed by atoms with van der Waals surface area (Å²) in [5, 5.41) is 0. The average Bonchev–Trinajstić information content (AvgIpc) is 2.25. The van der Waals surface area contributed by atoms with Gasteiger partial charge in [-0.3, -0.25) is 4.79 Å². The molecule has 0 unspecified atom stereocenters. The molecule has 1 aromatic rings. The van der Waals surface area contributed by atoms with Crippen LogP contribution in [0.1, 0.15) is 29.2 Å². The van der Waals surface area contributed by atoms with Gasteiger partial charge >= 0.3 is 18.3 Å². The summed E-state index contributed by atoms with van der Waals surface area (Å²) >= 11 is 0. The number of hydrogen-bond donors (Lipinski definition) is 0. The standard InChI is InChI=1S/C13H12F6O2/c1-3-21-11(20)5-8-4-7(2)9(12(14,15)16)6-10(8)13(17,18)19/h4,6H,3,5H2,1-2H3. The van der Waals surface area contributed by atoms with E-state index in [0.29, 0.717) is 0 Å². The first-order valence-electron chi connectivity index (χ1n) is 5.90. The number of hydrogen-bond acceptors (Lipinski definition) is 2. The Labute approximate surface area is 116 Å². The molecule has 21 heavy (non-hydrogen) atoms. The lowest BCUT2D eigenvalue weighted by Crippen LogP contribution is -2.17. The van der Waals surface area contributed by atoms with Crippen molar-refractivity contribution in [2.75, 3.05) is 6.61 Å². The highest BCUT2D eigenvalue weighted by Gasteiger charge is 2.39. The van der Waals surface area contributed by atoms with Crippen molar-refractivity contribution in [1.82, 2.24) is 0 Å². The second kappa shape index (κ2) is 5.95. The second-order valence-electron chi connectivity index (χ2n) is 4.30. The molecule has 0 aliphatic rings. The first kappa shape index (κ1) is 17.3. The van der Waals surface area contributed by atoms with Gasteiger partial charge in [-0.1, -0.05) is 6.07 Å². The number of aryl methyl sites for hydroxylation is 1. The van der Waals surface area contributed by atoms with Crippen LogP contribution in [0.4, 0.5) is 26.3 Å². The van der Waals surface area contributed by atoms with Crippen molar-refractivity contribution < 1.29 is 35.9 Å². The predicted octanol–water partition coefficient (Wildman–Crippen LogP) is 4.14. The van der Waals surface area contributed by atoms with Crippen LogP contribution in [0.15, 0.2) is 12.1 Å². The zero-order chi connectivity index (χ0) is 16.4. The van der Waals surface area contributed by atoms with Gasteiger partial charge in [0.2, 0.25) is 0 Å². The van der Waals surface area contributed by atoms with E-state index in [9.17, 15) is 31.1 Å². The van der Waals surface area contributed by atoms with Crippen molar-refractivity contribution in [3.63, 3.8) is 0 Å². The van der Waals surface area contributed by atoms with E-state index >= 15 is 0 Å². The van der Waals surface area contributed by atoms with Crippen LogP contribution < -0.4 is 0 Å². The van der Waals surface area contributed by atoms with Gasteiger partial charge in [0.25, 0.3) is 0 Å². The fourth-order valence-electron chi connectivity index (χ4n) is 1.85. The molecule has 1 rings (SSSR count). The van der Waals surface area contributed by atoms with Crippen molar-refractivity contribution in [2.45, 2.75) is 32.6 Å². The highest BCUT2D eigenvalue weighted by Crippen LogP contribution is 2.39. The number of esters is 1. The van der Waals surface area contributed by atoms with Crippen LogP contribution in [0.5, 0.6) is 0 Å². The van der Waals surface area contributed by atoms with Crippen molar-refractivity contribution in [3.05, 3.63) is 34.4 Å². The molecule has 2 nitrogen and oxygen atoms in total. The fourth-order valence-corrected chi connectivity index (χ4v) is 1.85. The SMILES string of the molecule is CCOC(=O)Cc1cc(C)c(C(F)(F)F)cc1C(F)(F)F. The Kier molecular flexibility index (Phi) is 4.91. The third kappa shape index (κ3) is 4.37. The Morgan fingerprint density at radius 1 is 1.05 bits per heavy atom. The third-order valence-corrected chi connectivity index (χ3v) is 2.70. The Bertz CT molecular complexity index is 531. The second-order valence-corrected chi connectivity index (χ2v) is 4.30. The van der Waals surface area contributed by atoms with Crippen molar-refractivity contribution in [2.24, 2.45) is 0 Å². The normalized spacial score (nSPS) is 12.4. The summed E-state index contributed by atoms with van der Waals surface area (Å²) in [7, 11) is 0. The third-order valence-electron chi connectivity index (χ3n) is 2.70. The molecule has 0 atom stereocenters. The molecule has 0 heterocycles. The summed E-state index contributed by atoms with van der Waals surface area (Å²) in [6, 6.07) is 0.756. The molecule has 0 amide bonds. The molecule has 0 aliphatic heterocycles. The molecule has 0 N–H and O–H groups in total. The fraction of sp³-hybridized carbons (Fsp3) is 0.462. The van der Waals surface area contributed by atoms with Gasteiger partial charge < -0.3 is 4.74 Å². The summed E-state index contributed by atoms with van der Waals surface area (Å²) < 4.78 is 81.1. The number of alkyl halides is 6. The van der Waals surface area contributed by atoms with Crippen LogP contribution >= 0.6 is 0 Å². The van der Waals surface area contributed by atoms with Crippen LogP contribution in [0.3, 0.4) is 0 Å². The van der Waals surface area contributed by atoms with Gasteiger partial charge in [0.15, 0.2) is 0 Å². The van der Waals surface area contributed by atoms with Gasteiger partial charge in [0.05, 0.1) is 24.2 Å². The first-order chi connectivity index (χ1) is 9.46. The quantitative estimate of drug-likeness (QED) is 0.619. The van der Waals surface area contributed by atoms with E-state index in [4.69, 9.17) is 0 Å². The monoisotopic (exact) mass is 314 g/mol. The number of ether oxygens (including phenoxy) is 1. The summed E-state index contributed by atoms with van der Waals surface area (Å²) in [4.78, 5) is 11.3. The van der Waals surface area contributed by atoms with Gasteiger partial charge in [-0.05, 0) is 31.0 Å². The van der Waals surface area contributed by atoms with Crippen LogP contribution in [-0.4, -0.2) is 12.6 Å². The maximum Gasteiger partial charge on any atom is 0.416 e. The zero-order valence-corrected chi connectivity index (χ0v) is 11.2. The van der Waals surface area contributed by atoms with Crippen LogP contribution in [0.2, 0.25) is 0 Å². The molecule has 118 valence electrons. The maximum absolute atomic E-state index is 12.9. The zero-order valence-electron chi connectivity index (χ0n) is 11.2. The van der Waals surface area contributed by atoms with Gasteiger partial charge in [-0.2, -0.15) is 26.3 Å². The van der Waals surface area contributed by atoms with E-state index in [-0.39, 0.29) is 18.2 Å². The van der Waals surface area contributed by atoms with Gasteiger partial charge in [-0.25, -0.2) is 0 Å². The highest BCUT2D eigenvalue weighted by molar-refractivity contribution is 5.73. The lowest BCUT2D eigenvalue weighted by atomic mass is 9.96. The molecule has 0 bridgehead atoms. The molecule has 0 radical (unpaired) electrons. The smallest absolute Gasteiger partial charge is 0.416 e. The van der Waals surface area contributed by atoms with E-state index in [1.807, 2.05) is 0 Å². The molecule has 0 saturated carbocycles. The molecule has 8 heteroatoms. The summed E-state index contributed by atoms with van der Waals surface area (Å²) in [6.45, 7) is 2.48. The van der Waals surface area contributed by atoms with Gasteiger partial charge in [-0.15, -0.1) is 0 Å². The summed E-state index contributed by atoms with van der Waals surface area (Å²) in [5.41, 5.74) is -3.77. The minimum atomic E-state index is -4.99. The maximum atomic E-state index is 12.9. The van der Waals surface area contributed by atoms with E-state index in [0.717, 1.165) is 13.0 Å². The molecule has 1 aromatic carbocycles. The van der Waals surface area contributed by atoms with Crippen molar-refractivity contribution >= 4 is 5.97 Å². The Hall–Kier alpha value is -1.73. The number of carbonyl (C=O) groups is 1. The van der Waals surface area contributed by atoms with Crippen molar-refractivity contribution in [3.8, 4) is 0 Å². The van der Waals surface area contributed by atoms with Gasteiger partial charge in [0.1, 0.15) is 0 Å². The molecule has 0 spiro atoms. The topological polar surface area (TPSA) is 26.3 Å².